The standard InChI is InChI=1S/C15H17N3O3S/c1-18(2)14-9-6-12(10-16-14)17-15(19)11-4-7-13(8-5-11)22(3,20)21/h4-10H,1-3H3,(H,17,19). The van der Waals surface area contributed by atoms with Crippen LogP contribution in [0.2, 0.25) is 0 Å². The molecule has 0 saturated heterocycles. The van der Waals surface area contributed by atoms with Gasteiger partial charge in [-0.1, -0.05) is 0 Å². The number of carbonyl (C=O) groups excluding carboxylic acids is 1. The van der Waals surface area contributed by atoms with Gasteiger partial charge in [0, 0.05) is 25.9 Å². The molecule has 0 aliphatic rings. The van der Waals surface area contributed by atoms with Gasteiger partial charge in [0.1, 0.15) is 5.82 Å². The lowest BCUT2D eigenvalue weighted by atomic mass is 10.2. The molecule has 0 spiro atoms. The maximum atomic E-state index is 12.1. The van der Waals surface area contributed by atoms with Crippen LogP contribution >= 0.6 is 0 Å². The Bertz CT molecular complexity index is 767. The van der Waals surface area contributed by atoms with E-state index in [0.717, 1.165) is 12.1 Å². The van der Waals surface area contributed by atoms with Gasteiger partial charge in [-0.05, 0) is 36.4 Å². The highest BCUT2D eigenvalue weighted by Crippen LogP contribution is 2.14. The van der Waals surface area contributed by atoms with Crippen LogP contribution < -0.4 is 10.2 Å². The number of hydrogen-bond donors (Lipinski definition) is 1. The number of carbonyl (C=O) groups is 1. The zero-order valence-corrected chi connectivity index (χ0v) is 13.4. The third-order valence-electron chi connectivity index (χ3n) is 3.01. The molecule has 1 heterocycles. The molecule has 1 aromatic carbocycles. The lowest BCUT2D eigenvalue weighted by Crippen LogP contribution is -2.14. The van der Waals surface area contributed by atoms with Crippen molar-refractivity contribution in [3.05, 3.63) is 48.2 Å². The molecule has 0 aliphatic carbocycles. The van der Waals surface area contributed by atoms with Crippen molar-refractivity contribution < 1.29 is 13.2 Å². The van der Waals surface area contributed by atoms with E-state index in [2.05, 4.69) is 10.3 Å². The molecule has 0 aliphatic heterocycles. The second-order valence-corrected chi connectivity index (χ2v) is 7.07. The van der Waals surface area contributed by atoms with Gasteiger partial charge in [-0.25, -0.2) is 13.4 Å². The Balaban J connectivity index is 2.12. The second-order valence-electron chi connectivity index (χ2n) is 5.05. The van der Waals surface area contributed by atoms with Gasteiger partial charge in [0.05, 0.1) is 16.8 Å². The van der Waals surface area contributed by atoms with Gasteiger partial charge in [-0.2, -0.15) is 0 Å². The van der Waals surface area contributed by atoms with Crippen LogP contribution in [0.5, 0.6) is 0 Å². The first-order valence-electron chi connectivity index (χ1n) is 6.52. The molecule has 1 aromatic heterocycles. The number of pyridine rings is 1. The molecule has 116 valence electrons. The molecule has 2 rings (SSSR count). The van der Waals surface area contributed by atoms with E-state index < -0.39 is 9.84 Å². The molecule has 1 N–H and O–H groups in total. The van der Waals surface area contributed by atoms with Gasteiger partial charge in [-0.15, -0.1) is 0 Å². The number of nitrogens with one attached hydrogen (secondary N) is 1. The normalized spacial score (nSPS) is 11.0. The Hall–Kier alpha value is -2.41. The Morgan fingerprint density at radius 2 is 1.73 bits per heavy atom. The highest BCUT2D eigenvalue weighted by molar-refractivity contribution is 7.90. The van der Waals surface area contributed by atoms with Crippen LogP contribution in [0.15, 0.2) is 47.5 Å². The van der Waals surface area contributed by atoms with E-state index in [0.29, 0.717) is 11.3 Å². The maximum absolute atomic E-state index is 12.1. The van der Waals surface area contributed by atoms with E-state index in [4.69, 9.17) is 0 Å². The van der Waals surface area contributed by atoms with Crippen LogP contribution in [0.25, 0.3) is 0 Å². The third kappa shape index (κ3) is 3.82. The van der Waals surface area contributed by atoms with E-state index in [1.807, 2.05) is 19.0 Å². The van der Waals surface area contributed by atoms with Crippen molar-refractivity contribution in [3.63, 3.8) is 0 Å². The number of hydrogen-bond acceptors (Lipinski definition) is 5. The van der Waals surface area contributed by atoms with E-state index in [1.54, 1.807) is 18.3 Å². The molecule has 1 amide bonds. The van der Waals surface area contributed by atoms with Crippen molar-refractivity contribution in [2.24, 2.45) is 0 Å². The molecule has 7 heteroatoms. The van der Waals surface area contributed by atoms with E-state index in [1.165, 1.54) is 24.3 Å². The first kappa shape index (κ1) is 16.0. The smallest absolute Gasteiger partial charge is 0.255 e. The summed E-state index contributed by atoms with van der Waals surface area (Å²) in [5, 5.41) is 2.71. The third-order valence-corrected chi connectivity index (χ3v) is 4.14. The molecule has 0 atom stereocenters. The number of sulfone groups is 1. The predicted octanol–water partition coefficient (Wildman–Crippen LogP) is 1.80. The topological polar surface area (TPSA) is 79.4 Å². The summed E-state index contributed by atoms with van der Waals surface area (Å²) in [6, 6.07) is 9.34. The molecule has 6 nitrogen and oxygen atoms in total. The average Bonchev–Trinajstić information content (AvgIpc) is 2.47. The minimum atomic E-state index is -3.26. The molecule has 0 radical (unpaired) electrons. The van der Waals surface area contributed by atoms with Gasteiger partial charge in [-0.3, -0.25) is 4.79 Å². The summed E-state index contributed by atoms with van der Waals surface area (Å²) in [5.74, 6) is 0.468. The Morgan fingerprint density at radius 1 is 1.09 bits per heavy atom. The molecule has 2 aromatic rings. The van der Waals surface area contributed by atoms with Crippen molar-refractivity contribution >= 4 is 27.2 Å². The molecular weight excluding hydrogens is 302 g/mol. The minimum absolute atomic E-state index is 0.182. The minimum Gasteiger partial charge on any atom is -0.363 e. The summed E-state index contributed by atoms with van der Waals surface area (Å²) in [7, 11) is 0.494. The van der Waals surface area contributed by atoms with Crippen molar-refractivity contribution in [1.82, 2.24) is 4.98 Å². The van der Waals surface area contributed by atoms with Gasteiger partial charge in [0.2, 0.25) is 0 Å². The summed E-state index contributed by atoms with van der Waals surface area (Å²) < 4.78 is 22.8. The van der Waals surface area contributed by atoms with Crippen LogP contribution in [0.4, 0.5) is 11.5 Å². The van der Waals surface area contributed by atoms with Gasteiger partial charge in [0.15, 0.2) is 9.84 Å². The van der Waals surface area contributed by atoms with Crippen LogP contribution in [0.3, 0.4) is 0 Å². The number of aromatic nitrogens is 1. The zero-order valence-electron chi connectivity index (χ0n) is 12.6. The first-order valence-corrected chi connectivity index (χ1v) is 8.41. The zero-order chi connectivity index (χ0) is 16.3. The first-order chi connectivity index (χ1) is 10.3. The number of nitrogens with zero attached hydrogens (tertiary/aromatic N) is 2. The lowest BCUT2D eigenvalue weighted by Gasteiger charge is -2.11. The Morgan fingerprint density at radius 3 is 2.18 bits per heavy atom. The van der Waals surface area contributed by atoms with Crippen molar-refractivity contribution in [1.29, 1.82) is 0 Å². The highest BCUT2D eigenvalue weighted by Gasteiger charge is 2.10. The molecular formula is C15H17N3O3S. The second kappa shape index (κ2) is 6.15. The number of benzene rings is 1. The fourth-order valence-electron chi connectivity index (χ4n) is 1.78. The molecule has 0 saturated carbocycles. The Kier molecular flexibility index (Phi) is 4.46. The largest absolute Gasteiger partial charge is 0.363 e. The van der Waals surface area contributed by atoms with Gasteiger partial charge in [0.25, 0.3) is 5.91 Å². The van der Waals surface area contributed by atoms with E-state index >= 15 is 0 Å². The number of rotatable bonds is 4. The van der Waals surface area contributed by atoms with Crippen LogP contribution in [-0.2, 0) is 9.84 Å². The average molecular weight is 319 g/mol. The summed E-state index contributed by atoms with van der Waals surface area (Å²) in [5.41, 5.74) is 0.951. The lowest BCUT2D eigenvalue weighted by molar-refractivity contribution is 0.102. The van der Waals surface area contributed by atoms with Crippen LogP contribution in [0, 0.1) is 0 Å². The predicted molar refractivity (Wildman–Crippen MR) is 86.1 cm³/mol. The monoisotopic (exact) mass is 319 g/mol. The SMILES string of the molecule is CN(C)c1ccc(NC(=O)c2ccc(S(C)(=O)=O)cc2)cn1. The van der Waals surface area contributed by atoms with Gasteiger partial charge < -0.3 is 10.2 Å². The van der Waals surface area contributed by atoms with Crippen LogP contribution in [0.1, 0.15) is 10.4 Å². The molecule has 0 bridgehead atoms. The van der Waals surface area contributed by atoms with E-state index in [9.17, 15) is 13.2 Å². The highest BCUT2D eigenvalue weighted by atomic mass is 32.2. The van der Waals surface area contributed by atoms with E-state index in [-0.39, 0.29) is 10.8 Å². The summed E-state index contributed by atoms with van der Waals surface area (Å²) >= 11 is 0. The number of anilines is 2. The molecule has 0 fully saturated rings. The van der Waals surface area contributed by atoms with Gasteiger partial charge >= 0.3 is 0 Å². The fourth-order valence-corrected chi connectivity index (χ4v) is 2.41. The van der Waals surface area contributed by atoms with Crippen molar-refractivity contribution in [3.8, 4) is 0 Å². The van der Waals surface area contributed by atoms with Crippen LogP contribution in [-0.4, -0.2) is 39.7 Å². The number of amides is 1. The summed E-state index contributed by atoms with van der Waals surface area (Å²) in [4.78, 5) is 18.3. The molecule has 0 unspecified atom stereocenters. The quantitative estimate of drug-likeness (QED) is 0.929. The maximum Gasteiger partial charge on any atom is 0.255 e. The van der Waals surface area contributed by atoms with Crippen molar-refractivity contribution in [2.45, 2.75) is 4.90 Å². The van der Waals surface area contributed by atoms with Crippen molar-refractivity contribution in [2.75, 3.05) is 30.6 Å². The molecule has 22 heavy (non-hydrogen) atoms. The summed E-state index contributed by atoms with van der Waals surface area (Å²) in [6.07, 6.45) is 2.69. The Labute approximate surface area is 129 Å². The fraction of sp³-hybridized carbons (Fsp3) is 0.200. The summed E-state index contributed by atoms with van der Waals surface area (Å²) in [6.45, 7) is 0.